The molecule has 0 saturated carbocycles. The lowest BCUT2D eigenvalue weighted by molar-refractivity contribution is -0.257. The van der Waals surface area contributed by atoms with Crippen molar-refractivity contribution in [2.24, 2.45) is 0 Å². The number of carboxylic acid groups (broad SMARTS) is 1. The third kappa shape index (κ3) is 1.41. The Balaban J connectivity index is 3.10. The molecule has 10 heavy (non-hydrogen) atoms. The third-order valence-electron chi connectivity index (χ3n) is 0.846. The highest BCUT2D eigenvalue weighted by atomic mass is 79.9. The van der Waals surface area contributed by atoms with Gasteiger partial charge in [-0.3, -0.25) is 0 Å². The van der Waals surface area contributed by atoms with Crippen molar-refractivity contribution in [3.05, 3.63) is 21.0 Å². The number of rotatable bonds is 1. The monoisotopic (exact) mass is 267 g/mol. The molecule has 0 fully saturated rings. The minimum atomic E-state index is -1.33. The van der Waals surface area contributed by atoms with Gasteiger partial charge in [0.2, 0.25) is 0 Å². The summed E-state index contributed by atoms with van der Waals surface area (Å²) in [6.45, 7) is 0. The summed E-state index contributed by atoms with van der Waals surface area (Å²) in [5.74, 6) is -1.52. The van der Waals surface area contributed by atoms with Gasteiger partial charge in [-0.05, 0) is 31.9 Å². The van der Waals surface area contributed by atoms with Crippen LogP contribution in [-0.2, 0) is 0 Å². The standard InChI is InChI=1S/C5H2Br2O3/c6-2-1-3(5(8)9)10-4(2)7/h1H,(H,8,9)/p-1. The zero-order valence-corrected chi connectivity index (χ0v) is 7.73. The fourth-order valence-corrected chi connectivity index (χ4v) is 1.02. The highest BCUT2D eigenvalue weighted by Crippen LogP contribution is 2.26. The molecule has 0 radical (unpaired) electrons. The maximum atomic E-state index is 10.1. The average Bonchev–Trinajstić information content (AvgIpc) is 2.13. The maximum absolute atomic E-state index is 10.1. The van der Waals surface area contributed by atoms with E-state index in [4.69, 9.17) is 0 Å². The zero-order valence-electron chi connectivity index (χ0n) is 4.56. The van der Waals surface area contributed by atoms with Gasteiger partial charge in [-0.25, -0.2) is 0 Å². The molecule has 0 spiro atoms. The molecule has 0 aliphatic carbocycles. The molecule has 0 aliphatic rings. The quantitative estimate of drug-likeness (QED) is 0.768. The first kappa shape index (κ1) is 7.81. The lowest BCUT2D eigenvalue weighted by Crippen LogP contribution is -2.21. The van der Waals surface area contributed by atoms with Gasteiger partial charge in [-0.1, -0.05) is 0 Å². The van der Waals surface area contributed by atoms with Gasteiger partial charge in [0, 0.05) is 6.07 Å². The van der Waals surface area contributed by atoms with Crippen molar-refractivity contribution in [1.82, 2.24) is 0 Å². The van der Waals surface area contributed by atoms with Gasteiger partial charge in [0.1, 0.15) is 5.97 Å². The molecule has 54 valence electrons. The van der Waals surface area contributed by atoms with E-state index in [0.29, 0.717) is 9.14 Å². The van der Waals surface area contributed by atoms with E-state index >= 15 is 0 Å². The smallest absolute Gasteiger partial charge is 0.184 e. The molecule has 1 aromatic rings. The van der Waals surface area contributed by atoms with Gasteiger partial charge in [0.25, 0.3) is 0 Å². The Labute approximate surface area is 73.3 Å². The summed E-state index contributed by atoms with van der Waals surface area (Å²) < 4.78 is 5.60. The van der Waals surface area contributed by atoms with Crippen LogP contribution in [0.4, 0.5) is 0 Å². The maximum Gasteiger partial charge on any atom is 0.184 e. The lowest BCUT2D eigenvalue weighted by Gasteiger charge is -1.91. The first-order chi connectivity index (χ1) is 4.61. The fraction of sp³-hybridized carbons (Fsp3) is 0. The van der Waals surface area contributed by atoms with Crippen LogP contribution in [-0.4, -0.2) is 5.97 Å². The van der Waals surface area contributed by atoms with Crippen LogP contribution in [0.2, 0.25) is 0 Å². The van der Waals surface area contributed by atoms with Crippen LogP contribution in [0.15, 0.2) is 19.6 Å². The van der Waals surface area contributed by atoms with Crippen LogP contribution in [0.1, 0.15) is 10.6 Å². The largest absolute Gasteiger partial charge is 0.542 e. The van der Waals surface area contributed by atoms with Gasteiger partial charge in [0.05, 0.1) is 4.47 Å². The van der Waals surface area contributed by atoms with Crippen molar-refractivity contribution < 1.29 is 14.3 Å². The summed E-state index contributed by atoms with van der Waals surface area (Å²) in [4.78, 5) is 10.1. The van der Waals surface area contributed by atoms with Crippen LogP contribution < -0.4 is 5.11 Å². The molecule has 0 atom stereocenters. The van der Waals surface area contributed by atoms with Gasteiger partial charge in [-0.2, -0.15) is 0 Å². The number of carbonyl (C=O) groups is 1. The summed E-state index contributed by atoms with van der Waals surface area (Å²) >= 11 is 6.03. The molecule has 0 N–H and O–H groups in total. The van der Waals surface area contributed by atoms with Crippen molar-refractivity contribution in [3.63, 3.8) is 0 Å². The Hall–Kier alpha value is -0.290. The van der Waals surface area contributed by atoms with E-state index in [1.54, 1.807) is 0 Å². The number of hydrogen-bond donors (Lipinski definition) is 0. The van der Waals surface area contributed by atoms with Crippen molar-refractivity contribution in [3.8, 4) is 0 Å². The summed E-state index contributed by atoms with van der Waals surface area (Å²) in [5, 5.41) is 10.1. The van der Waals surface area contributed by atoms with E-state index in [1.807, 2.05) is 0 Å². The molecule has 1 heterocycles. The Morgan fingerprint density at radius 2 is 2.20 bits per heavy atom. The third-order valence-corrected chi connectivity index (χ3v) is 2.56. The second kappa shape index (κ2) is 2.75. The lowest BCUT2D eigenvalue weighted by atomic mass is 10.5. The summed E-state index contributed by atoms with van der Waals surface area (Å²) in [6, 6.07) is 1.32. The van der Waals surface area contributed by atoms with Crippen LogP contribution in [0.25, 0.3) is 0 Å². The van der Waals surface area contributed by atoms with E-state index in [0.717, 1.165) is 0 Å². The Morgan fingerprint density at radius 3 is 2.40 bits per heavy atom. The zero-order chi connectivity index (χ0) is 7.72. The Kier molecular flexibility index (Phi) is 2.15. The highest BCUT2D eigenvalue weighted by molar-refractivity contribution is 9.13. The first-order valence-corrected chi connectivity index (χ1v) is 3.86. The second-order valence-electron chi connectivity index (χ2n) is 1.52. The van der Waals surface area contributed by atoms with Crippen LogP contribution >= 0.6 is 31.9 Å². The molecule has 5 heteroatoms. The average molecular weight is 269 g/mol. The molecule has 0 amide bonds. The predicted molar refractivity (Wildman–Crippen MR) is 38.4 cm³/mol. The topological polar surface area (TPSA) is 53.3 Å². The fourth-order valence-electron chi connectivity index (χ4n) is 0.447. The summed E-state index contributed by atoms with van der Waals surface area (Å²) in [5.41, 5.74) is 0. The summed E-state index contributed by atoms with van der Waals surface area (Å²) in [6.07, 6.45) is 0. The Bertz CT molecular complexity index is 246. The van der Waals surface area contributed by atoms with E-state index in [2.05, 4.69) is 36.3 Å². The second-order valence-corrected chi connectivity index (χ2v) is 3.09. The Morgan fingerprint density at radius 1 is 1.60 bits per heavy atom. The normalized spacial score (nSPS) is 9.80. The number of carboxylic acids is 1. The highest BCUT2D eigenvalue weighted by Gasteiger charge is 2.05. The van der Waals surface area contributed by atoms with E-state index in [1.165, 1.54) is 6.07 Å². The minimum absolute atomic E-state index is 0.196. The van der Waals surface area contributed by atoms with Crippen molar-refractivity contribution >= 4 is 37.8 Å². The van der Waals surface area contributed by atoms with Gasteiger partial charge < -0.3 is 14.3 Å². The van der Waals surface area contributed by atoms with Crippen molar-refractivity contribution in [2.75, 3.05) is 0 Å². The molecule has 0 aromatic carbocycles. The molecule has 0 aliphatic heterocycles. The number of carbonyl (C=O) groups excluding carboxylic acids is 1. The number of aromatic carboxylic acids is 1. The molecule has 0 bridgehead atoms. The number of halogens is 2. The number of furan rings is 1. The van der Waals surface area contributed by atoms with Gasteiger partial charge in [-0.15, -0.1) is 0 Å². The minimum Gasteiger partial charge on any atom is -0.542 e. The van der Waals surface area contributed by atoms with E-state index in [-0.39, 0.29) is 5.76 Å². The van der Waals surface area contributed by atoms with Crippen molar-refractivity contribution in [1.29, 1.82) is 0 Å². The van der Waals surface area contributed by atoms with E-state index < -0.39 is 5.97 Å². The van der Waals surface area contributed by atoms with Crippen LogP contribution in [0, 0.1) is 0 Å². The molecule has 1 aromatic heterocycles. The van der Waals surface area contributed by atoms with Gasteiger partial charge in [0.15, 0.2) is 10.4 Å². The molecule has 0 saturated heterocycles. The first-order valence-electron chi connectivity index (χ1n) is 2.27. The molecule has 0 unspecified atom stereocenters. The molecule has 3 nitrogen and oxygen atoms in total. The van der Waals surface area contributed by atoms with E-state index in [9.17, 15) is 9.90 Å². The van der Waals surface area contributed by atoms with Crippen LogP contribution in [0.5, 0.6) is 0 Å². The molecular formula is C5HBr2O3-. The number of hydrogen-bond acceptors (Lipinski definition) is 3. The molecule has 1 rings (SSSR count). The van der Waals surface area contributed by atoms with Crippen LogP contribution in [0.3, 0.4) is 0 Å². The SMILES string of the molecule is O=C([O-])c1cc(Br)c(Br)o1. The van der Waals surface area contributed by atoms with Gasteiger partial charge >= 0.3 is 0 Å². The molecular weight excluding hydrogens is 268 g/mol. The van der Waals surface area contributed by atoms with Crippen molar-refractivity contribution in [2.45, 2.75) is 0 Å². The summed E-state index contributed by atoms with van der Waals surface area (Å²) in [7, 11) is 0. The predicted octanol–water partition coefficient (Wildman–Crippen LogP) is 1.17.